The fraction of sp³-hybridized carbons (Fsp3) is 0.174. The molecule has 0 aliphatic rings. The van der Waals surface area contributed by atoms with Gasteiger partial charge in [0, 0.05) is 11.4 Å². The number of hydrogen-bond donors (Lipinski definition) is 2. The highest BCUT2D eigenvalue weighted by atomic mass is 16.5. The van der Waals surface area contributed by atoms with Crippen molar-refractivity contribution < 1.29 is 23.5 Å². The zero-order valence-corrected chi connectivity index (χ0v) is 16.9. The van der Waals surface area contributed by atoms with E-state index in [1.165, 1.54) is 25.3 Å². The molecule has 0 saturated carbocycles. The van der Waals surface area contributed by atoms with Crippen molar-refractivity contribution in [1.29, 1.82) is 0 Å². The number of ether oxygens (including phenoxy) is 1. The smallest absolute Gasteiger partial charge is 0.338 e. The molecule has 0 spiro atoms. The molecule has 7 heteroatoms. The Hall–Kier alpha value is -3.87. The number of rotatable bonds is 6. The number of anilines is 2. The van der Waals surface area contributed by atoms with E-state index < -0.39 is 23.9 Å². The Kier molecular flexibility index (Phi) is 6.32. The lowest BCUT2D eigenvalue weighted by molar-refractivity contribution is -0.123. The highest BCUT2D eigenvalue weighted by Gasteiger charge is 2.20. The van der Waals surface area contributed by atoms with Gasteiger partial charge in [-0.25, -0.2) is 4.79 Å². The first kappa shape index (κ1) is 20.9. The van der Waals surface area contributed by atoms with E-state index in [0.29, 0.717) is 11.4 Å². The first-order valence-electron chi connectivity index (χ1n) is 9.38. The van der Waals surface area contributed by atoms with Crippen LogP contribution in [-0.4, -0.2) is 23.9 Å². The minimum Gasteiger partial charge on any atom is -0.459 e. The molecule has 2 amide bonds. The number of hydrogen-bond acceptors (Lipinski definition) is 5. The Balaban J connectivity index is 1.58. The highest BCUT2D eigenvalue weighted by Crippen LogP contribution is 2.20. The maximum atomic E-state index is 12.4. The number of benzene rings is 2. The van der Waals surface area contributed by atoms with Crippen LogP contribution in [0.5, 0.6) is 0 Å². The number of nitrogens with one attached hydrogen (secondary N) is 2. The fourth-order valence-electron chi connectivity index (χ4n) is 2.81. The van der Waals surface area contributed by atoms with Gasteiger partial charge in [0.25, 0.3) is 11.8 Å². The third-order valence-electron chi connectivity index (χ3n) is 4.51. The number of para-hydroxylation sites is 1. The number of aryl methyl sites for hydroxylation is 2. The van der Waals surface area contributed by atoms with E-state index in [4.69, 9.17) is 9.15 Å². The molecular formula is C23H22N2O5. The van der Waals surface area contributed by atoms with Crippen LogP contribution >= 0.6 is 0 Å². The van der Waals surface area contributed by atoms with E-state index in [-0.39, 0.29) is 11.3 Å². The molecule has 0 bridgehead atoms. The van der Waals surface area contributed by atoms with Gasteiger partial charge in [-0.15, -0.1) is 0 Å². The average molecular weight is 406 g/mol. The maximum absolute atomic E-state index is 12.4. The summed E-state index contributed by atoms with van der Waals surface area (Å²) in [7, 11) is 0. The van der Waals surface area contributed by atoms with Crippen molar-refractivity contribution in [2.45, 2.75) is 26.9 Å². The summed E-state index contributed by atoms with van der Waals surface area (Å²) in [6.45, 7) is 5.30. The van der Waals surface area contributed by atoms with Crippen molar-refractivity contribution in [2.24, 2.45) is 0 Å². The summed E-state index contributed by atoms with van der Waals surface area (Å²) in [4.78, 5) is 36.8. The van der Waals surface area contributed by atoms with Crippen LogP contribution in [0.15, 0.2) is 65.3 Å². The quantitative estimate of drug-likeness (QED) is 0.594. The molecule has 0 aliphatic carbocycles. The van der Waals surface area contributed by atoms with Gasteiger partial charge in [-0.2, -0.15) is 0 Å². The van der Waals surface area contributed by atoms with Crippen molar-refractivity contribution in [1.82, 2.24) is 0 Å². The molecule has 3 rings (SSSR count). The topological polar surface area (TPSA) is 97.6 Å². The van der Waals surface area contributed by atoms with E-state index in [1.54, 1.807) is 24.3 Å². The van der Waals surface area contributed by atoms with Crippen molar-refractivity contribution in [3.63, 3.8) is 0 Å². The van der Waals surface area contributed by atoms with Crippen LogP contribution in [0, 0.1) is 13.8 Å². The second-order valence-corrected chi connectivity index (χ2v) is 6.81. The van der Waals surface area contributed by atoms with Gasteiger partial charge in [0.05, 0.1) is 11.8 Å². The second-order valence-electron chi connectivity index (χ2n) is 6.81. The lowest BCUT2D eigenvalue weighted by Crippen LogP contribution is -2.30. The summed E-state index contributed by atoms with van der Waals surface area (Å²) in [6.07, 6.45) is 0.431. The largest absolute Gasteiger partial charge is 0.459 e. The van der Waals surface area contributed by atoms with Crippen molar-refractivity contribution in [2.75, 3.05) is 10.6 Å². The minimum atomic E-state index is -0.977. The SMILES string of the molecule is Cc1cccc(C)c1NC(=O)[C@H](C)OC(=O)c1ccc(NC(=O)c2ccco2)cc1. The van der Waals surface area contributed by atoms with E-state index in [9.17, 15) is 14.4 Å². The van der Waals surface area contributed by atoms with E-state index >= 15 is 0 Å². The van der Waals surface area contributed by atoms with Gasteiger partial charge in [-0.1, -0.05) is 18.2 Å². The second kappa shape index (κ2) is 9.09. The van der Waals surface area contributed by atoms with Crippen molar-refractivity contribution in [3.8, 4) is 0 Å². The molecular weight excluding hydrogens is 384 g/mol. The zero-order valence-electron chi connectivity index (χ0n) is 16.9. The number of amides is 2. The molecule has 1 aromatic heterocycles. The molecule has 0 aliphatic heterocycles. The van der Waals surface area contributed by atoms with Gasteiger partial charge in [-0.3, -0.25) is 9.59 Å². The van der Waals surface area contributed by atoms with Crippen LogP contribution < -0.4 is 10.6 Å². The number of carbonyl (C=O) groups excluding carboxylic acids is 3. The first-order valence-corrected chi connectivity index (χ1v) is 9.38. The molecule has 2 N–H and O–H groups in total. The summed E-state index contributed by atoms with van der Waals surface area (Å²) in [5.74, 6) is -1.26. The summed E-state index contributed by atoms with van der Waals surface area (Å²) in [5.41, 5.74) is 3.32. The zero-order chi connectivity index (χ0) is 21.7. The maximum Gasteiger partial charge on any atom is 0.338 e. The Morgan fingerprint density at radius 1 is 0.900 bits per heavy atom. The minimum absolute atomic E-state index is 0.183. The number of carbonyl (C=O) groups is 3. The molecule has 30 heavy (non-hydrogen) atoms. The Morgan fingerprint density at radius 2 is 1.57 bits per heavy atom. The lowest BCUT2D eigenvalue weighted by atomic mass is 10.1. The standard InChI is InChI=1S/C23H22N2O5/c1-14-6-4-7-15(2)20(14)25-21(26)16(3)30-23(28)17-9-11-18(12-10-17)24-22(27)19-8-5-13-29-19/h4-13,16H,1-3H3,(H,24,27)(H,25,26)/t16-/m0/s1. The molecule has 0 saturated heterocycles. The molecule has 1 atom stereocenters. The van der Waals surface area contributed by atoms with E-state index in [1.807, 2.05) is 32.0 Å². The van der Waals surface area contributed by atoms with Gasteiger partial charge in [-0.05, 0) is 68.3 Å². The Morgan fingerprint density at radius 3 is 2.17 bits per heavy atom. The van der Waals surface area contributed by atoms with Gasteiger partial charge in [0.2, 0.25) is 0 Å². The third-order valence-corrected chi connectivity index (χ3v) is 4.51. The van der Waals surface area contributed by atoms with Crippen molar-refractivity contribution >= 4 is 29.2 Å². The van der Waals surface area contributed by atoms with Crippen LogP contribution in [0.1, 0.15) is 39.0 Å². The molecule has 1 heterocycles. The number of esters is 1. The molecule has 0 unspecified atom stereocenters. The molecule has 0 radical (unpaired) electrons. The highest BCUT2D eigenvalue weighted by molar-refractivity contribution is 6.02. The monoisotopic (exact) mass is 406 g/mol. The molecule has 2 aromatic carbocycles. The molecule has 3 aromatic rings. The lowest BCUT2D eigenvalue weighted by Gasteiger charge is -2.16. The van der Waals surface area contributed by atoms with Crippen LogP contribution in [0.3, 0.4) is 0 Å². The van der Waals surface area contributed by atoms with Crippen LogP contribution in [0.25, 0.3) is 0 Å². The van der Waals surface area contributed by atoms with Gasteiger partial charge < -0.3 is 19.8 Å². The van der Waals surface area contributed by atoms with Gasteiger partial charge in [0.15, 0.2) is 11.9 Å². The normalized spacial score (nSPS) is 11.4. The van der Waals surface area contributed by atoms with Crippen molar-refractivity contribution in [3.05, 3.63) is 83.3 Å². The van der Waals surface area contributed by atoms with E-state index in [2.05, 4.69) is 10.6 Å². The Labute approximate surface area is 174 Å². The van der Waals surface area contributed by atoms with E-state index in [0.717, 1.165) is 11.1 Å². The average Bonchev–Trinajstić information content (AvgIpc) is 3.26. The molecule has 0 fully saturated rings. The van der Waals surface area contributed by atoms with Crippen LogP contribution in [0.4, 0.5) is 11.4 Å². The molecule has 154 valence electrons. The van der Waals surface area contributed by atoms with Crippen LogP contribution in [0.2, 0.25) is 0 Å². The first-order chi connectivity index (χ1) is 14.3. The number of furan rings is 1. The summed E-state index contributed by atoms with van der Waals surface area (Å²) >= 11 is 0. The predicted molar refractivity (Wildman–Crippen MR) is 113 cm³/mol. The van der Waals surface area contributed by atoms with Gasteiger partial charge >= 0.3 is 5.97 Å². The summed E-state index contributed by atoms with van der Waals surface area (Å²) in [5, 5.41) is 5.46. The summed E-state index contributed by atoms with van der Waals surface area (Å²) < 4.78 is 10.3. The fourth-order valence-corrected chi connectivity index (χ4v) is 2.81. The van der Waals surface area contributed by atoms with Crippen LogP contribution in [-0.2, 0) is 9.53 Å². The third kappa shape index (κ3) is 4.94. The summed E-state index contributed by atoms with van der Waals surface area (Å²) in [6, 6.07) is 15.0. The van der Waals surface area contributed by atoms with Gasteiger partial charge in [0.1, 0.15) is 0 Å². The predicted octanol–water partition coefficient (Wildman–Crippen LogP) is 4.33. The Bertz CT molecular complexity index is 1040. The molecule has 7 nitrogen and oxygen atoms in total.